The van der Waals surface area contributed by atoms with Crippen molar-refractivity contribution in [2.75, 3.05) is 6.54 Å². The van der Waals surface area contributed by atoms with Gasteiger partial charge in [-0.1, -0.05) is 0 Å². The van der Waals surface area contributed by atoms with Crippen molar-refractivity contribution in [3.63, 3.8) is 0 Å². The summed E-state index contributed by atoms with van der Waals surface area (Å²) in [6, 6.07) is 0. The molecule has 1 rings (SSSR count). The summed E-state index contributed by atoms with van der Waals surface area (Å²) < 4.78 is 12.8. The first-order chi connectivity index (χ1) is 4.75. The minimum Gasteiger partial charge on any atom is -0.330 e. The topological polar surface area (TPSA) is 26.0 Å². The molecule has 0 amide bonds. The number of nitrogens with two attached hydrogens (primary N) is 1. The SMILES string of the molecule is CC(F)C(CCN)C1CC1. The summed E-state index contributed by atoms with van der Waals surface area (Å²) >= 11 is 0. The summed E-state index contributed by atoms with van der Waals surface area (Å²) in [4.78, 5) is 0. The van der Waals surface area contributed by atoms with Gasteiger partial charge in [0.1, 0.15) is 6.17 Å². The van der Waals surface area contributed by atoms with Gasteiger partial charge in [-0.3, -0.25) is 0 Å². The second-order valence-corrected chi connectivity index (χ2v) is 3.26. The number of hydrogen-bond acceptors (Lipinski definition) is 1. The Morgan fingerprint density at radius 2 is 2.20 bits per heavy atom. The summed E-state index contributed by atoms with van der Waals surface area (Å²) in [5.74, 6) is 0.911. The monoisotopic (exact) mass is 145 g/mol. The number of hydrogen-bond donors (Lipinski definition) is 1. The van der Waals surface area contributed by atoms with E-state index < -0.39 is 6.17 Å². The minimum atomic E-state index is -0.656. The first kappa shape index (κ1) is 7.99. The molecule has 1 nitrogen and oxygen atoms in total. The largest absolute Gasteiger partial charge is 0.330 e. The van der Waals surface area contributed by atoms with Crippen LogP contribution in [0.5, 0.6) is 0 Å². The molecule has 0 bridgehead atoms. The lowest BCUT2D eigenvalue weighted by atomic mass is 9.95. The molecule has 1 fully saturated rings. The molecule has 60 valence electrons. The molecule has 0 aliphatic heterocycles. The van der Waals surface area contributed by atoms with Gasteiger partial charge in [0.25, 0.3) is 0 Å². The molecule has 10 heavy (non-hydrogen) atoms. The Bertz CT molecular complexity index is 97.4. The van der Waals surface area contributed by atoms with Crippen molar-refractivity contribution >= 4 is 0 Å². The Morgan fingerprint density at radius 1 is 1.60 bits per heavy atom. The number of alkyl halides is 1. The Labute approximate surface area is 61.8 Å². The van der Waals surface area contributed by atoms with Crippen LogP contribution in [0.2, 0.25) is 0 Å². The molecule has 0 aromatic rings. The van der Waals surface area contributed by atoms with Crippen molar-refractivity contribution in [3.8, 4) is 0 Å². The molecule has 2 unspecified atom stereocenters. The van der Waals surface area contributed by atoms with Crippen LogP contribution in [0.25, 0.3) is 0 Å². The smallest absolute Gasteiger partial charge is 0.100 e. The molecular weight excluding hydrogens is 129 g/mol. The van der Waals surface area contributed by atoms with Crippen molar-refractivity contribution in [2.24, 2.45) is 17.6 Å². The predicted molar refractivity (Wildman–Crippen MR) is 40.5 cm³/mol. The van der Waals surface area contributed by atoms with Crippen LogP contribution in [0, 0.1) is 11.8 Å². The Kier molecular flexibility index (Phi) is 2.66. The summed E-state index contributed by atoms with van der Waals surface area (Å²) in [6.45, 7) is 2.29. The molecular formula is C8H16FN. The molecule has 0 aromatic carbocycles. The van der Waals surface area contributed by atoms with Gasteiger partial charge in [0, 0.05) is 0 Å². The fraction of sp³-hybridized carbons (Fsp3) is 1.00. The van der Waals surface area contributed by atoms with Gasteiger partial charge in [0.15, 0.2) is 0 Å². The van der Waals surface area contributed by atoms with Crippen LogP contribution in [0.4, 0.5) is 4.39 Å². The van der Waals surface area contributed by atoms with Crippen LogP contribution in [0.3, 0.4) is 0 Å². The second kappa shape index (κ2) is 3.33. The van der Waals surface area contributed by atoms with E-state index >= 15 is 0 Å². The fourth-order valence-corrected chi connectivity index (χ4v) is 1.56. The van der Waals surface area contributed by atoms with Crippen molar-refractivity contribution < 1.29 is 4.39 Å². The van der Waals surface area contributed by atoms with Gasteiger partial charge >= 0.3 is 0 Å². The lowest BCUT2D eigenvalue weighted by Gasteiger charge is -2.15. The molecule has 0 radical (unpaired) electrons. The average Bonchev–Trinajstić information content (AvgIpc) is 2.63. The highest BCUT2D eigenvalue weighted by molar-refractivity contribution is 4.84. The Balaban J connectivity index is 2.26. The zero-order valence-corrected chi connectivity index (χ0v) is 6.52. The molecule has 1 saturated carbocycles. The van der Waals surface area contributed by atoms with Crippen LogP contribution in [0.15, 0.2) is 0 Å². The van der Waals surface area contributed by atoms with Gasteiger partial charge in [-0.25, -0.2) is 4.39 Å². The molecule has 0 spiro atoms. The highest BCUT2D eigenvalue weighted by atomic mass is 19.1. The standard InChI is InChI=1S/C8H16FN/c1-6(9)8(4-5-10)7-2-3-7/h6-8H,2-5,10H2,1H3. The van der Waals surface area contributed by atoms with Crippen molar-refractivity contribution in [3.05, 3.63) is 0 Å². The molecule has 2 heteroatoms. The maximum atomic E-state index is 12.8. The van der Waals surface area contributed by atoms with E-state index in [0.717, 1.165) is 6.42 Å². The van der Waals surface area contributed by atoms with E-state index in [1.807, 2.05) is 0 Å². The van der Waals surface area contributed by atoms with E-state index in [0.29, 0.717) is 12.5 Å². The van der Waals surface area contributed by atoms with E-state index in [9.17, 15) is 4.39 Å². The third-order valence-electron chi connectivity index (χ3n) is 2.32. The minimum absolute atomic E-state index is 0.255. The van der Waals surface area contributed by atoms with Crippen molar-refractivity contribution in [1.29, 1.82) is 0 Å². The molecule has 2 atom stereocenters. The predicted octanol–water partition coefficient (Wildman–Crippen LogP) is 1.72. The zero-order chi connectivity index (χ0) is 7.56. The number of rotatable bonds is 4. The summed E-state index contributed by atoms with van der Waals surface area (Å²) in [6.07, 6.45) is 2.65. The van der Waals surface area contributed by atoms with E-state index in [1.54, 1.807) is 6.92 Å². The molecule has 1 aliphatic rings. The third-order valence-corrected chi connectivity index (χ3v) is 2.32. The van der Waals surface area contributed by atoms with Gasteiger partial charge in [-0.2, -0.15) is 0 Å². The summed E-state index contributed by atoms with van der Waals surface area (Å²) in [7, 11) is 0. The maximum Gasteiger partial charge on any atom is 0.100 e. The highest BCUT2D eigenvalue weighted by Gasteiger charge is 2.33. The summed E-state index contributed by atoms with van der Waals surface area (Å²) in [5, 5.41) is 0. The first-order valence-corrected chi connectivity index (χ1v) is 4.10. The average molecular weight is 145 g/mol. The van der Waals surface area contributed by atoms with Gasteiger partial charge in [-0.15, -0.1) is 0 Å². The lowest BCUT2D eigenvalue weighted by Crippen LogP contribution is -2.18. The zero-order valence-electron chi connectivity index (χ0n) is 6.52. The van der Waals surface area contributed by atoms with Gasteiger partial charge < -0.3 is 5.73 Å². The van der Waals surface area contributed by atoms with Crippen LogP contribution in [0.1, 0.15) is 26.2 Å². The van der Waals surface area contributed by atoms with Crippen molar-refractivity contribution in [1.82, 2.24) is 0 Å². The van der Waals surface area contributed by atoms with Crippen LogP contribution in [-0.4, -0.2) is 12.7 Å². The maximum absolute atomic E-state index is 12.8. The summed E-state index contributed by atoms with van der Waals surface area (Å²) in [5.41, 5.74) is 5.37. The van der Waals surface area contributed by atoms with E-state index in [4.69, 9.17) is 5.73 Å². The fourth-order valence-electron chi connectivity index (χ4n) is 1.56. The van der Waals surface area contributed by atoms with Gasteiger partial charge in [0.05, 0.1) is 0 Å². The van der Waals surface area contributed by atoms with E-state index in [-0.39, 0.29) is 5.92 Å². The number of halogens is 1. The van der Waals surface area contributed by atoms with Gasteiger partial charge in [0.2, 0.25) is 0 Å². The van der Waals surface area contributed by atoms with E-state index in [1.165, 1.54) is 12.8 Å². The third kappa shape index (κ3) is 1.94. The lowest BCUT2D eigenvalue weighted by molar-refractivity contribution is 0.216. The Hall–Kier alpha value is -0.110. The first-order valence-electron chi connectivity index (χ1n) is 4.10. The van der Waals surface area contributed by atoms with Crippen molar-refractivity contribution in [2.45, 2.75) is 32.4 Å². The van der Waals surface area contributed by atoms with E-state index in [2.05, 4.69) is 0 Å². The molecule has 0 aromatic heterocycles. The van der Waals surface area contributed by atoms with Gasteiger partial charge in [-0.05, 0) is 44.6 Å². The quantitative estimate of drug-likeness (QED) is 0.640. The molecule has 1 aliphatic carbocycles. The Morgan fingerprint density at radius 3 is 2.50 bits per heavy atom. The van der Waals surface area contributed by atoms with Crippen LogP contribution < -0.4 is 5.73 Å². The molecule has 0 saturated heterocycles. The highest BCUT2D eigenvalue weighted by Crippen LogP contribution is 2.40. The normalized spacial score (nSPS) is 24.3. The van der Waals surface area contributed by atoms with Crippen LogP contribution >= 0.6 is 0 Å². The van der Waals surface area contributed by atoms with Crippen LogP contribution in [-0.2, 0) is 0 Å². The molecule has 0 heterocycles. The molecule has 2 N–H and O–H groups in total. The second-order valence-electron chi connectivity index (χ2n) is 3.26.